The third-order valence-electron chi connectivity index (χ3n) is 2.71. The van der Waals surface area contributed by atoms with Crippen LogP contribution in [0.1, 0.15) is 32.1 Å². The summed E-state index contributed by atoms with van der Waals surface area (Å²) in [6.45, 7) is 0.877. The minimum Gasteiger partial charge on any atom is -0.396 e. The maximum absolute atomic E-state index is 11.5. The summed E-state index contributed by atoms with van der Waals surface area (Å²) >= 11 is 1.65. The fraction of sp³-hybridized carbons (Fsp3) is 0.909. The summed E-state index contributed by atoms with van der Waals surface area (Å²) < 4.78 is 0. The van der Waals surface area contributed by atoms with Crippen LogP contribution in [0.25, 0.3) is 0 Å². The van der Waals surface area contributed by atoms with E-state index in [2.05, 4.69) is 10.6 Å². The highest BCUT2D eigenvalue weighted by molar-refractivity contribution is 7.99. The van der Waals surface area contributed by atoms with Crippen molar-refractivity contribution in [1.29, 1.82) is 0 Å². The molecule has 0 aromatic carbocycles. The molecule has 0 atom stereocenters. The molecule has 0 radical (unpaired) electrons. The quantitative estimate of drug-likeness (QED) is 0.620. The average molecular weight is 246 g/mol. The second-order valence-electron chi connectivity index (χ2n) is 4.07. The zero-order valence-electron chi connectivity index (χ0n) is 9.71. The molecule has 16 heavy (non-hydrogen) atoms. The number of aliphatic hydroxyl groups excluding tert-OH is 1. The molecule has 1 aliphatic carbocycles. The first-order chi connectivity index (χ1) is 7.83. The van der Waals surface area contributed by atoms with Gasteiger partial charge in [0.2, 0.25) is 0 Å². The molecule has 2 amide bonds. The van der Waals surface area contributed by atoms with Crippen molar-refractivity contribution < 1.29 is 9.90 Å². The lowest BCUT2D eigenvalue weighted by atomic mass is 9.96. The van der Waals surface area contributed by atoms with E-state index < -0.39 is 0 Å². The van der Waals surface area contributed by atoms with Gasteiger partial charge in [-0.3, -0.25) is 0 Å². The zero-order valence-corrected chi connectivity index (χ0v) is 10.5. The first-order valence-corrected chi connectivity index (χ1v) is 7.21. The van der Waals surface area contributed by atoms with Crippen LogP contribution >= 0.6 is 11.8 Å². The lowest BCUT2D eigenvalue weighted by Crippen LogP contribution is -2.43. The molecule has 94 valence electrons. The Balaban J connectivity index is 1.97. The molecule has 1 fully saturated rings. The van der Waals surface area contributed by atoms with Crippen molar-refractivity contribution >= 4 is 17.8 Å². The number of aliphatic hydroxyl groups is 1. The third kappa shape index (κ3) is 6.23. The maximum atomic E-state index is 11.5. The average Bonchev–Trinajstić information content (AvgIpc) is 2.30. The van der Waals surface area contributed by atoms with Gasteiger partial charge in [-0.2, -0.15) is 11.8 Å². The zero-order chi connectivity index (χ0) is 11.6. The Labute approximate surface area is 102 Å². The van der Waals surface area contributed by atoms with E-state index in [0.717, 1.165) is 24.3 Å². The van der Waals surface area contributed by atoms with Gasteiger partial charge in [0.25, 0.3) is 0 Å². The van der Waals surface area contributed by atoms with Crippen LogP contribution in [0, 0.1) is 0 Å². The Kier molecular flexibility index (Phi) is 7.42. The molecule has 1 aliphatic rings. The van der Waals surface area contributed by atoms with Crippen molar-refractivity contribution in [2.45, 2.75) is 38.1 Å². The maximum Gasteiger partial charge on any atom is 0.315 e. The fourth-order valence-corrected chi connectivity index (χ4v) is 2.47. The lowest BCUT2D eigenvalue weighted by molar-refractivity contribution is 0.233. The summed E-state index contributed by atoms with van der Waals surface area (Å²) in [4.78, 5) is 11.5. The Morgan fingerprint density at radius 1 is 1.25 bits per heavy atom. The van der Waals surface area contributed by atoms with Crippen LogP contribution in [0.4, 0.5) is 4.79 Å². The Bertz CT molecular complexity index is 196. The van der Waals surface area contributed by atoms with Gasteiger partial charge in [0.15, 0.2) is 0 Å². The van der Waals surface area contributed by atoms with Gasteiger partial charge in [-0.25, -0.2) is 4.79 Å². The monoisotopic (exact) mass is 246 g/mol. The number of carbonyl (C=O) groups excluding carboxylic acids is 1. The number of hydrogen-bond acceptors (Lipinski definition) is 3. The summed E-state index contributed by atoms with van der Waals surface area (Å²) in [5.41, 5.74) is 0. The van der Waals surface area contributed by atoms with Gasteiger partial charge in [0, 0.05) is 24.1 Å². The highest BCUT2D eigenvalue weighted by Crippen LogP contribution is 2.16. The fourth-order valence-electron chi connectivity index (χ4n) is 1.89. The molecule has 0 aliphatic heterocycles. The molecule has 1 saturated carbocycles. The third-order valence-corrected chi connectivity index (χ3v) is 3.67. The Morgan fingerprint density at radius 2 is 2.00 bits per heavy atom. The normalized spacial score (nSPS) is 17.1. The predicted octanol–water partition coefficient (Wildman–Crippen LogP) is 1.34. The molecule has 0 aromatic rings. The van der Waals surface area contributed by atoms with Gasteiger partial charge in [-0.05, 0) is 12.8 Å². The van der Waals surface area contributed by atoms with E-state index in [0.29, 0.717) is 12.6 Å². The summed E-state index contributed by atoms with van der Waals surface area (Å²) in [6.07, 6.45) is 6.01. The molecule has 4 nitrogen and oxygen atoms in total. The van der Waals surface area contributed by atoms with Crippen molar-refractivity contribution in [3.63, 3.8) is 0 Å². The standard InChI is InChI=1S/C11H22N2O2S/c14-7-9-16-8-6-12-11(15)13-10-4-2-1-3-5-10/h10,14H,1-9H2,(H2,12,13,15). The van der Waals surface area contributed by atoms with E-state index in [-0.39, 0.29) is 12.6 Å². The smallest absolute Gasteiger partial charge is 0.315 e. The van der Waals surface area contributed by atoms with Crippen molar-refractivity contribution in [3.8, 4) is 0 Å². The van der Waals surface area contributed by atoms with Crippen LogP contribution in [-0.4, -0.2) is 41.8 Å². The summed E-state index contributed by atoms with van der Waals surface area (Å²) in [6, 6.07) is 0.329. The molecular formula is C11H22N2O2S. The molecule has 0 bridgehead atoms. The Morgan fingerprint density at radius 3 is 2.69 bits per heavy atom. The summed E-state index contributed by atoms with van der Waals surface area (Å²) in [7, 11) is 0. The van der Waals surface area contributed by atoms with Crippen molar-refractivity contribution in [2.24, 2.45) is 0 Å². The number of nitrogens with one attached hydrogen (secondary N) is 2. The van der Waals surface area contributed by atoms with Crippen molar-refractivity contribution in [1.82, 2.24) is 10.6 Å². The Hall–Kier alpha value is -0.420. The van der Waals surface area contributed by atoms with E-state index >= 15 is 0 Å². The van der Waals surface area contributed by atoms with Gasteiger partial charge in [-0.15, -0.1) is 0 Å². The molecule has 1 rings (SSSR count). The SMILES string of the molecule is O=C(NCCSCCO)NC1CCCCC1. The van der Waals surface area contributed by atoms with E-state index in [9.17, 15) is 4.79 Å². The number of rotatable bonds is 6. The highest BCUT2D eigenvalue weighted by Gasteiger charge is 2.14. The van der Waals surface area contributed by atoms with Crippen LogP contribution < -0.4 is 10.6 Å². The van der Waals surface area contributed by atoms with Gasteiger partial charge in [0.05, 0.1) is 6.61 Å². The predicted molar refractivity (Wildman–Crippen MR) is 67.8 cm³/mol. The minimum atomic E-state index is -0.0449. The van der Waals surface area contributed by atoms with E-state index in [4.69, 9.17) is 5.11 Å². The van der Waals surface area contributed by atoms with Gasteiger partial charge in [0.1, 0.15) is 0 Å². The first-order valence-electron chi connectivity index (χ1n) is 6.06. The van der Waals surface area contributed by atoms with Crippen LogP contribution in [-0.2, 0) is 0 Å². The molecule has 0 spiro atoms. The topological polar surface area (TPSA) is 61.4 Å². The van der Waals surface area contributed by atoms with E-state index in [1.165, 1.54) is 19.3 Å². The number of hydrogen-bond donors (Lipinski definition) is 3. The van der Waals surface area contributed by atoms with Crippen LogP contribution in [0.3, 0.4) is 0 Å². The second kappa shape index (κ2) is 8.70. The first kappa shape index (κ1) is 13.6. The van der Waals surface area contributed by atoms with E-state index in [1.54, 1.807) is 11.8 Å². The molecule has 5 heteroatoms. The van der Waals surface area contributed by atoms with Crippen molar-refractivity contribution in [2.75, 3.05) is 24.7 Å². The van der Waals surface area contributed by atoms with Gasteiger partial charge in [-0.1, -0.05) is 19.3 Å². The van der Waals surface area contributed by atoms with Crippen molar-refractivity contribution in [3.05, 3.63) is 0 Å². The molecule has 0 aromatic heterocycles. The largest absolute Gasteiger partial charge is 0.396 e. The van der Waals surface area contributed by atoms with Crippen LogP contribution in [0.5, 0.6) is 0 Å². The van der Waals surface area contributed by atoms with Crippen LogP contribution in [0.2, 0.25) is 0 Å². The number of amides is 2. The number of thioether (sulfide) groups is 1. The summed E-state index contributed by atoms with van der Waals surface area (Å²) in [5, 5.41) is 14.4. The molecule has 0 unspecified atom stereocenters. The second-order valence-corrected chi connectivity index (χ2v) is 5.30. The van der Waals surface area contributed by atoms with Gasteiger partial charge >= 0.3 is 6.03 Å². The molecular weight excluding hydrogens is 224 g/mol. The van der Waals surface area contributed by atoms with E-state index in [1.807, 2.05) is 0 Å². The molecule has 3 N–H and O–H groups in total. The summed E-state index contributed by atoms with van der Waals surface area (Å²) in [5.74, 6) is 1.60. The molecule has 0 heterocycles. The number of carbonyl (C=O) groups is 1. The lowest BCUT2D eigenvalue weighted by Gasteiger charge is -2.22. The highest BCUT2D eigenvalue weighted by atomic mass is 32.2. The van der Waals surface area contributed by atoms with Crippen LogP contribution in [0.15, 0.2) is 0 Å². The minimum absolute atomic E-state index is 0.0449. The molecule has 0 saturated heterocycles. The number of urea groups is 1. The van der Waals surface area contributed by atoms with Gasteiger partial charge < -0.3 is 15.7 Å².